The Hall–Kier alpha value is -2.10. The van der Waals surface area contributed by atoms with Crippen LogP contribution >= 0.6 is 0 Å². The Labute approximate surface area is 125 Å². The molecule has 0 spiro atoms. The third kappa shape index (κ3) is 5.06. The normalized spacial score (nSPS) is 13.2. The average Bonchev–Trinajstić information content (AvgIpc) is 2.33. The summed E-state index contributed by atoms with van der Waals surface area (Å²) >= 11 is 0. The molecule has 0 saturated carbocycles. The van der Waals surface area contributed by atoms with Gasteiger partial charge in [-0.15, -0.1) is 0 Å². The zero-order chi connectivity index (χ0) is 16.2. The fraction of sp³-hybridized carbons (Fsp3) is 0.412. The molecule has 0 aliphatic heterocycles. The Balaban J connectivity index is 2.81. The number of nitrogens with one attached hydrogen (secondary N) is 1. The molecule has 4 nitrogen and oxygen atoms in total. The van der Waals surface area contributed by atoms with Gasteiger partial charge >= 0.3 is 5.97 Å². The SMILES string of the molecule is Cc1ccc(/C=C/C(=O)N[C@H](C(=O)O)C(C)(C)C)c(C)c1. The second-order valence-electron chi connectivity index (χ2n) is 6.34. The molecule has 1 atom stereocenters. The van der Waals surface area contributed by atoms with E-state index in [1.807, 2.05) is 32.0 Å². The largest absolute Gasteiger partial charge is 0.480 e. The van der Waals surface area contributed by atoms with Crippen molar-refractivity contribution < 1.29 is 14.7 Å². The van der Waals surface area contributed by atoms with E-state index in [2.05, 4.69) is 5.32 Å². The molecule has 1 aromatic rings. The van der Waals surface area contributed by atoms with Gasteiger partial charge in [0.05, 0.1) is 0 Å². The molecule has 0 aliphatic rings. The lowest BCUT2D eigenvalue weighted by molar-refractivity contribution is -0.144. The fourth-order valence-corrected chi connectivity index (χ4v) is 2.02. The number of aryl methyl sites for hydroxylation is 2. The molecule has 114 valence electrons. The second kappa shape index (κ2) is 6.57. The van der Waals surface area contributed by atoms with Gasteiger partial charge in [-0.1, -0.05) is 44.5 Å². The van der Waals surface area contributed by atoms with E-state index in [9.17, 15) is 14.7 Å². The van der Waals surface area contributed by atoms with Crippen LogP contribution in [0.1, 0.15) is 37.5 Å². The van der Waals surface area contributed by atoms with Crippen LogP contribution in [-0.2, 0) is 9.59 Å². The van der Waals surface area contributed by atoms with Gasteiger partial charge in [0.2, 0.25) is 5.91 Å². The van der Waals surface area contributed by atoms with Crippen LogP contribution in [0.5, 0.6) is 0 Å². The molecule has 1 rings (SSSR count). The van der Waals surface area contributed by atoms with Crippen LogP contribution in [0.3, 0.4) is 0 Å². The van der Waals surface area contributed by atoms with Gasteiger partial charge in [-0.2, -0.15) is 0 Å². The Morgan fingerprint density at radius 3 is 2.33 bits per heavy atom. The average molecular weight is 289 g/mol. The molecule has 2 N–H and O–H groups in total. The molecule has 0 radical (unpaired) electrons. The number of rotatable bonds is 4. The standard InChI is InChI=1S/C17H23NO3/c1-11-6-7-13(12(2)10-11)8-9-14(19)18-15(16(20)21)17(3,4)5/h6-10,15H,1-5H3,(H,18,19)(H,20,21)/b9-8+/t15-/m1/s1. The third-order valence-corrected chi connectivity index (χ3v) is 3.24. The summed E-state index contributed by atoms with van der Waals surface area (Å²) < 4.78 is 0. The summed E-state index contributed by atoms with van der Waals surface area (Å²) in [5, 5.41) is 11.7. The van der Waals surface area contributed by atoms with Gasteiger partial charge in [0.15, 0.2) is 0 Å². The lowest BCUT2D eigenvalue weighted by Crippen LogP contribution is -2.48. The van der Waals surface area contributed by atoms with E-state index in [-0.39, 0.29) is 0 Å². The maximum absolute atomic E-state index is 11.9. The molecular weight excluding hydrogens is 266 g/mol. The Bertz CT molecular complexity index is 568. The number of amides is 1. The maximum atomic E-state index is 11.9. The molecule has 0 aliphatic carbocycles. The Morgan fingerprint density at radius 1 is 1.24 bits per heavy atom. The molecule has 0 unspecified atom stereocenters. The number of aliphatic carboxylic acids is 1. The first kappa shape index (κ1) is 17.0. The molecule has 1 aromatic carbocycles. The highest BCUT2D eigenvalue weighted by molar-refractivity contribution is 5.94. The number of carboxylic acids is 1. The molecule has 4 heteroatoms. The smallest absolute Gasteiger partial charge is 0.326 e. The minimum atomic E-state index is -1.03. The van der Waals surface area contributed by atoms with Crippen molar-refractivity contribution in [3.63, 3.8) is 0 Å². The number of carbonyl (C=O) groups is 2. The molecule has 0 aromatic heterocycles. The van der Waals surface area contributed by atoms with E-state index in [1.165, 1.54) is 6.08 Å². The Kier molecular flexibility index (Phi) is 5.30. The molecule has 1 amide bonds. The summed E-state index contributed by atoms with van der Waals surface area (Å²) in [7, 11) is 0. The van der Waals surface area contributed by atoms with Gasteiger partial charge in [-0.3, -0.25) is 4.79 Å². The number of carbonyl (C=O) groups excluding carboxylic acids is 1. The molecule has 0 heterocycles. The van der Waals surface area contributed by atoms with Gasteiger partial charge < -0.3 is 10.4 Å². The summed E-state index contributed by atoms with van der Waals surface area (Å²) in [5.74, 6) is -1.44. The highest BCUT2D eigenvalue weighted by Crippen LogP contribution is 2.19. The highest BCUT2D eigenvalue weighted by Gasteiger charge is 2.31. The van der Waals surface area contributed by atoms with Crippen molar-refractivity contribution in [2.45, 2.75) is 40.7 Å². The van der Waals surface area contributed by atoms with Gasteiger partial charge in [0, 0.05) is 6.08 Å². The zero-order valence-corrected chi connectivity index (χ0v) is 13.2. The lowest BCUT2D eigenvalue weighted by atomic mass is 9.87. The van der Waals surface area contributed by atoms with Crippen molar-refractivity contribution in [2.24, 2.45) is 5.41 Å². The van der Waals surface area contributed by atoms with E-state index in [4.69, 9.17) is 0 Å². The highest BCUT2D eigenvalue weighted by atomic mass is 16.4. The van der Waals surface area contributed by atoms with Crippen molar-refractivity contribution in [1.29, 1.82) is 0 Å². The summed E-state index contributed by atoms with van der Waals surface area (Å²) in [6, 6.07) is 5.02. The van der Waals surface area contributed by atoms with Gasteiger partial charge in [-0.25, -0.2) is 4.79 Å². The van der Waals surface area contributed by atoms with Crippen LogP contribution in [0.25, 0.3) is 6.08 Å². The van der Waals surface area contributed by atoms with Crippen molar-refractivity contribution in [3.05, 3.63) is 41.0 Å². The van der Waals surface area contributed by atoms with Crippen molar-refractivity contribution in [3.8, 4) is 0 Å². The number of benzene rings is 1. The van der Waals surface area contributed by atoms with Crippen LogP contribution in [0.15, 0.2) is 24.3 Å². The molecular formula is C17H23NO3. The monoisotopic (exact) mass is 289 g/mol. The quantitative estimate of drug-likeness (QED) is 0.837. The predicted molar refractivity (Wildman–Crippen MR) is 84.0 cm³/mol. The van der Waals surface area contributed by atoms with Crippen LogP contribution in [0, 0.1) is 19.3 Å². The summed E-state index contributed by atoms with van der Waals surface area (Å²) in [4.78, 5) is 23.1. The Morgan fingerprint density at radius 2 is 1.86 bits per heavy atom. The first-order valence-corrected chi connectivity index (χ1v) is 6.90. The van der Waals surface area contributed by atoms with Crippen molar-refractivity contribution in [2.75, 3.05) is 0 Å². The number of hydrogen-bond donors (Lipinski definition) is 2. The van der Waals surface area contributed by atoms with E-state index in [0.717, 1.165) is 16.7 Å². The van der Waals surface area contributed by atoms with Crippen LogP contribution < -0.4 is 5.32 Å². The first-order valence-electron chi connectivity index (χ1n) is 6.90. The minimum absolute atomic E-state index is 0.405. The third-order valence-electron chi connectivity index (χ3n) is 3.24. The molecule has 0 saturated heterocycles. The number of carboxylic acid groups (broad SMARTS) is 1. The molecule has 21 heavy (non-hydrogen) atoms. The number of hydrogen-bond acceptors (Lipinski definition) is 2. The summed E-state index contributed by atoms with van der Waals surface area (Å²) in [6.45, 7) is 9.31. The van der Waals surface area contributed by atoms with Gasteiger partial charge in [0.25, 0.3) is 0 Å². The van der Waals surface area contributed by atoms with E-state index < -0.39 is 23.3 Å². The van der Waals surface area contributed by atoms with Gasteiger partial charge in [-0.05, 0) is 36.5 Å². The predicted octanol–water partition coefficient (Wildman–Crippen LogP) is 2.93. The summed E-state index contributed by atoms with van der Waals surface area (Å²) in [5.41, 5.74) is 2.63. The van der Waals surface area contributed by atoms with Crippen molar-refractivity contribution >= 4 is 18.0 Å². The topological polar surface area (TPSA) is 66.4 Å². The van der Waals surface area contributed by atoms with E-state index in [0.29, 0.717) is 0 Å². The van der Waals surface area contributed by atoms with Crippen LogP contribution in [-0.4, -0.2) is 23.0 Å². The first-order chi connectivity index (χ1) is 9.61. The maximum Gasteiger partial charge on any atom is 0.326 e. The molecule has 0 fully saturated rings. The van der Waals surface area contributed by atoms with E-state index >= 15 is 0 Å². The molecule has 0 bridgehead atoms. The van der Waals surface area contributed by atoms with Crippen LogP contribution in [0.2, 0.25) is 0 Å². The van der Waals surface area contributed by atoms with E-state index in [1.54, 1.807) is 26.8 Å². The van der Waals surface area contributed by atoms with Crippen LogP contribution in [0.4, 0.5) is 0 Å². The lowest BCUT2D eigenvalue weighted by Gasteiger charge is -2.27. The van der Waals surface area contributed by atoms with Gasteiger partial charge in [0.1, 0.15) is 6.04 Å². The van der Waals surface area contributed by atoms with Crippen molar-refractivity contribution in [1.82, 2.24) is 5.32 Å². The fourth-order valence-electron chi connectivity index (χ4n) is 2.02. The second-order valence-corrected chi connectivity index (χ2v) is 6.34. The zero-order valence-electron chi connectivity index (χ0n) is 13.2. The summed E-state index contributed by atoms with van der Waals surface area (Å²) in [6.07, 6.45) is 3.07. The minimum Gasteiger partial charge on any atom is -0.480 e.